The molecule has 0 radical (unpaired) electrons. The molecule has 142 valence electrons. The van der Waals surface area contributed by atoms with Gasteiger partial charge in [-0.25, -0.2) is 0 Å². The molecule has 0 atom stereocenters. The standard InChI is InChI=1S/C22H19ClN2O3/c23-17-7-3-15(4-8-17)20-12-11-19(28-20)14-24-22(27)16-5-9-18(10-6-16)25-13-1-2-21(25)26/h3-12H,1-2,13-14H2,(H,24,27). The Kier molecular flexibility index (Phi) is 5.17. The summed E-state index contributed by atoms with van der Waals surface area (Å²) < 4.78 is 5.79. The van der Waals surface area contributed by atoms with Crippen molar-refractivity contribution in [3.63, 3.8) is 0 Å². The fourth-order valence-electron chi connectivity index (χ4n) is 3.23. The second kappa shape index (κ2) is 7.90. The SMILES string of the molecule is O=C(NCc1ccc(-c2ccc(Cl)cc2)o1)c1ccc(N2CCCC2=O)cc1. The van der Waals surface area contributed by atoms with E-state index >= 15 is 0 Å². The Morgan fingerprint density at radius 3 is 2.46 bits per heavy atom. The van der Waals surface area contributed by atoms with E-state index in [0.29, 0.717) is 29.3 Å². The van der Waals surface area contributed by atoms with Gasteiger partial charge in [-0.05, 0) is 67.1 Å². The quantitative estimate of drug-likeness (QED) is 0.684. The Balaban J connectivity index is 1.36. The zero-order valence-electron chi connectivity index (χ0n) is 15.2. The van der Waals surface area contributed by atoms with E-state index in [1.165, 1.54) is 0 Å². The number of hydrogen-bond acceptors (Lipinski definition) is 3. The molecule has 28 heavy (non-hydrogen) atoms. The highest BCUT2D eigenvalue weighted by atomic mass is 35.5. The second-order valence-corrected chi connectivity index (χ2v) is 7.09. The number of benzene rings is 2. The van der Waals surface area contributed by atoms with Gasteiger partial charge in [-0.2, -0.15) is 0 Å². The largest absolute Gasteiger partial charge is 0.459 e. The first-order valence-corrected chi connectivity index (χ1v) is 9.51. The number of rotatable bonds is 5. The summed E-state index contributed by atoms with van der Waals surface area (Å²) in [5.74, 6) is 1.33. The molecule has 1 aliphatic rings. The van der Waals surface area contributed by atoms with Crippen molar-refractivity contribution in [1.82, 2.24) is 5.32 Å². The summed E-state index contributed by atoms with van der Waals surface area (Å²) in [6.45, 7) is 1.03. The first-order chi connectivity index (χ1) is 13.6. The molecular weight excluding hydrogens is 376 g/mol. The van der Waals surface area contributed by atoms with Crippen molar-refractivity contribution in [1.29, 1.82) is 0 Å². The molecule has 4 rings (SSSR count). The zero-order valence-corrected chi connectivity index (χ0v) is 15.9. The smallest absolute Gasteiger partial charge is 0.251 e. The molecule has 2 aromatic carbocycles. The topological polar surface area (TPSA) is 62.6 Å². The molecule has 2 amide bonds. The van der Waals surface area contributed by atoms with Gasteiger partial charge in [0.15, 0.2) is 0 Å². The van der Waals surface area contributed by atoms with Gasteiger partial charge >= 0.3 is 0 Å². The number of anilines is 1. The lowest BCUT2D eigenvalue weighted by Gasteiger charge is -2.15. The van der Waals surface area contributed by atoms with Crippen LogP contribution >= 0.6 is 11.6 Å². The zero-order chi connectivity index (χ0) is 19.5. The van der Waals surface area contributed by atoms with Gasteiger partial charge in [-0.15, -0.1) is 0 Å². The number of nitrogens with zero attached hydrogens (tertiary/aromatic N) is 1. The summed E-state index contributed by atoms with van der Waals surface area (Å²) in [5.41, 5.74) is 2.30. The number of nitrogens with one attached hydrogen (secondary N) is 1. The van der Waals surface area contributed by atoms with Gasteiger partial charge < -0.3 is 14.6 Å². The van der Waals surface area contributed by atoms with E-state index in [0.717, 1.165) is 30.0 Å². The summed E-state index contributed by atoms with van der Waals surface area (Å²) in [6, 6.07) is 18.2. The van der Waals surface area contributed by atoms with E-state index < -0.39 is 0 Å². The first kappa shape index (κ1) is 18.3. The van der Waals surface area contributed by atoms with Gasteiger partial charge in [-0.1, -0.05) is 11.6 Å². The van der Waals surface area contributed by atoms with Crippen LogP contribution < -0.4 is 10.2 Å². The number of furan rings is 1. The number of halogens is 1. The number of amides is 2. The lowest BCUT2D eigenvalue weighted by molar-refractivity contribution is -0.117. The molecular formula is C22H19ClN2O3. The lowest BCUT2D eigenvalue weighted by Crippen LogP contribution is -2.24. The maximum absolute atomic E-state index is 12.4. The van der Waals surface area contributed by atoms with Crippen molar-refractivity contribution >= 4 is 29.1 Å². The molecule has 1 aliphatic heterocycles. The highest BCUT2D eigenvalue weighted by molar-refractivity contribution is 6.30. The van der Waals surface area contributed by atoms with Crippen molar-refractivity contribution in [3.8, 4) is 11.3 Å². The third-order valence-electron chi connectivity index (χ3n) is 4.73. The highest BCUT2D eigenvalue weighted by Gasteiger charge is 2.21. The average molecular weight is 395 g/mol. The third-order valence-corrected chi connectivity index (χ3v) is 4.98. The predicted octanol–water partition coefficient (Wildman–Crippen LogP) is 4.66. The van der Waals surface area contributed by atoms with E-state index in [4.69, 9.17) is 16.0 Å². The molecule has 2 heterocycles. The third kappa shape index (κ3) is 3.94. The van der Waals surface area contributed by atoms with Gasteiger partial charge in [0.05, 0.1) is 6.54 Å². The fraction of sp³-hybridized carbons (Fsp3) is 0.182. The minimum atomic E-state index is -0.191. The maximum atomic E-state index is 12.4. The Bertz CT molecular complexity index is 993. The predicted molar refractivity (Wildman–Crippen MR) is 108 cm³/mol. The van der Waals surface area contributed by atoms with Crippen LogP contribution in [0.15, 0.2) is 65.1 Å². The molecule has 1 N–H and O–H groups in total. The van der Waals surface area contributed by atoms with Gasteiger partial charge in [0.1, 0.15) is 11.5 Å². The molecule has 1 aromatic heterocycles. The molecule has 5 nitrogen and oxygen atoms in total. The Labute approximate surface area is 167 Å². The molecule has 0 bridgehead atoms. The molecule has 1 fully saturated rings. The van der Waals surface area contributed by atoms with Crippen LogP contribution in [0.4, 0.5) is 5.69 Å². The van der Waals surface area contributed by atoms with E-state index in [9.17, 15) is 9.59 Å². The average Bonchev–Trinajstić information content (AvgIpc) is 3.36. The van der Waals surface area contributed by atoms with Crippen molar-refractivity contribution < 1.29 is 14.0 Å². The van der Waals surface area contributed by atoms with Gasteiger partial charge in [0.25, 0.3) is 5.91 Å². The van der Waals surface area contributed by atoms with Crippen LogP contribution in [-0.2, 0) is 11.3 Å². The summed E-state index contributed by atoms with van der Waals surface area (Å²) in [7, 11) is 0. The molecule has 6 heteroatoms. The normalized spacial score (nSPS) is 13.8. The van der Waals surface area contributed by atoms with Gasteiger partial charge in [0, 0.05) is 34.8 Å². The van der Waals surface area contributed by atoms with Crippen molar-refractivity contribution in [2.45, 2.75) is 19.4 Å². The van der Waals surface area contributed by atoms with Crippen LogP contribution in [0.5, 0.6) is 0 Å². The van der Waals surface area contributed by atoms with Crippen LogP contribution in [0.2, 0.25) is 5.02 Å². The summed E-state index contributed by atoms with van der Waals surface area (Å²) >= 11 is 5.90. The monoisotopic (exact) mass is 394 g/mol. The van der Waals surface area contributed by atoms with Crippen LogP contribution in [-0.4, -0.2) is 18.4 Å². The van der Waals surface area contributed by atoms with E-state index in [-0.39, 0.29) is 11.8 Å². The highest BCUT2D eigenvalue weighted by Crippen LogP contribution is 2.24. The molecule has 0 saturated carbocycles. The Hall–Kier alpha value is -3.05. The number of carbonyl (C=O) groups excluding carboxylic acids is 2. The summed E-state index contributed by atoms with van der Waals surface area (Å²) in [5, 5.41) is 3.52. The lowest BCUT2D eigenvalue weighted by atomic mass is 10.2. The second-order valence-electron chi connectivity index (χ2n) is 6.65. The maximum Gasteiger partial charge on any atom is 0.251 e. The first-order valence-electron chi connectivity index (χ1n) is 9.13. The number of hydrogen-bond donors (Lipinski definition) is 1. The summed E-state index contributed by atoms with van der Waals surface area (Å²) in [6.07, 6.45) is 1.46. The Morgan fingerprint density at radius 2 is 1.79 bits per heavy atom. The van der Waals surface area contributed by atoms with Crippen LogP contribution in [0, 0.1) is 0 Å². The van der Waals surface area contributed by atoms with Crippen molar-refractivity contribution in [2.24, 2.45) is 0 Å². The Morgan fingerprint density at radius 1 is 1.04 bits per heavy atom. The summed E-state index contributed by atoms with van der Waals surface area (Å²) in [4.78, 5) is 25.9. The minimum absolute atomic E-state index is 0.131. The molecule has 0 unspecified atom stereocenters. The molecule has 1 saturated heterocycles. The van der Waals surface area contributed by atoms with Gasteiger partial charge in [-0.3, -0.25) is 9.59 Å². The van der Waals surface area contributed by atoms with Crippen molar-refractivity contribution in [3.05, 3.63) is 77.0 Å². The fourth-order valence-corrected chi connectivity index (χ4v) is 3.35. The van der Waals surface area contributed by atoms with Crippen molar-refractivity contribution in [2.75, 3.05) is 11.4 Å². The minimum Gasteiger partial charge on any atom is -0.459 e. The van der Waals surface area contributed by atoms with Gasteiger partial charge in [0.2, 0.25) is 5.91 Å². The molecule has 0 aliphatic carbocycles. The van der Waals surface area contributed by atoms with Crippen LogP contribution in [0.25, 0.3) is 11.3 Å². The molecule has 3 aromatic rings. The van der Waals surface area contributed by atoms with E-state index in [2.05, 4.69) is 5.32 Å². The van der Waals surface area contributed by atoms with Crippen LogP contribution in [0.3, 0.4) is 0 Å². The van der Waals surface area contributed by atoms with E-state index in [1.54, 1.807) is 29.2 Å². The van der Waals surface area contributed by atoms with Crippen LogP contribution in [0.1, 0.15) is 29.0 Å². The molecule has 0 spiro atoms. The van der Waals surface area contributed by atoms with E-state index in [1.807, 2.05) is 36.4 Å². The number of carbonyl (C=O) groups is 2.